The first-order valence-electron chi connectivity index (χ1n) is 21.4. The zero-order valence-electron chi connectivity index (χ0n) is 33.6. The van der Waals surface area contributed by atoms with Crippen molar-refractivity contribution in [2.75, 3.05) is 0 Å². The minimum atomic E-state index is 1.17. The van der Waals surface area contributed by atoms with Crippen LogP contribution in [0.5, 0.6) is 0 Å². The number of benzene rings is 12. The highest BCUT2D eigenvalue weighted by Gasteiger charge is 2.20. The molecule has 0 amide bonds. The van der Waals surface area contributed by atoms with Crippen molar-refractivity contribution < 1.29 is 0 Å². The van der Waals surface area contributed by atoms with E-state index in [4.69, 9.17) is 0 Å². The van der Waals surface area contributed by atoms with Gasteiger partial charge in [0, 0.05) is 36.6 Å². The smallest absolute Gasteiger partial charge is 0.0541 e. The predicted molar refractivity (Wildman–Crippen MR) is 270 cm³/mol. The van der Waals surface area contributed by atoms with Crippen LogP contribution in [0.15, 0.2) is 212 Å². The molecule has 0 aliphatic rings. The molecule has 14 rings (SSSR count). The summed E-state index contributed by atoms with van der Waals surface area (Å²) in [4.78, 5) is 0. The highest BCUT2D eigenvalue weighted by molar-refractivity contribution is 7.26. The number of aromatic nitrogens is 1. The molecule has 0 radical (unpaired) electrons. The van der Waals surface area contributed by atoms with Crippen molar-refractivity contribution in [1.29, 1.82) is 0 Å². The third-order valence-corrected chi connectivity index (χ3v) is 14.6. The van der Waals surface area contributed by atoms with E-state index < -0.39 is 0 Å². The molecule has 12 aromatic carbocycles. The summed E-state index contributed by atoms with van der Waals surface area (Å²) >= 11 is 1.91. The van der Waals surface area contributed by atoms with Gasteiger partial charge in [0.2, 0.25) is 0 Å². The average Bonchev–Trinajstić information content (AvgIpc) is 3.87. The minimum absolute atomic E-state index is 1.17. The summed E-state index contributed by atoms with van der Waals surface area (Å²) in [6.07, 6.45) is 0. The van der Waals surface area contributed by atoms with Gasteiger partial charge in [0.1, 0.15) is 0 Å². The number of rotatable bonds is 3. The van der Waals surface area contributed by atoms with E-state index in [0.29, 0.717) is 0 Å². The van der Waals surface area contributed by atoms with Crippen LogP contribution in [0.1, 0.15) is 0 Å². The molecule has 0 aliphatic carbocycles. The molecule has 62 heavy (non-hydrogen) atoms. The molecule has 0 atom stereocenters. The Morgan fingerprint density at radius 3 is 1.53 bits per heavy atom. The first-order valence-corrected chi connectivity index (χ1v) is 22.2. The molecule has 14 aromatic rings. The maximum Gasteiger partial charge on any atom is 0.0541 e. The normalized spacial score (nSPS) is 12.2. The Hall–Kier alpha value is -7.78. The fourth-order valence-electron chi connectivity index (χ4n) is 10.9. The van der Waals surface area contributed by atoms with Crippen LogP contribution in [0, 0.1) is 0 Å². The highest BCUT2D eigenvalue weighted by Crippen LogP contribution is 2.48. The maximum atomic E-state index is 2.47. The van der Waals surface area contributed by atoms with E-state index in [1.165, 1.54) is 135 Å². The van der Waals surface area contributed by atoms with Crippen LogP contribution in [0.25, 0.3) is 135 Å². The number of nitrogens with zero attached hydrogens (tertiary/aromatic N) is 1. The van der Waals surface area contributed by atoms with E-state index in [0.717, 1.165) is 0 Å². The number of para-hydroxylation sites is 2. The van der Waals surface area contributed by atoms with Crippen LogP contribution >= 0.6 is 11.3 Å². The van der Waals surface area contributed by atoms with Crippen molar-refractivity contribution in [1.82, 2.24) is 4.57 Å². The molecule has 0 unspecified atom stereocenters. The minimum Gasteiger partial charge on any atom is -0.309 e. The Kier molecular flexibility index (Phi) is 7.05. The van der Waals surface area contributed by atoms with Crippen LogP contribution in [0.2, 0.25) is 0 Å². The Labute approximate surface area is 360 Å². The molecule has 2 heterocycles. The lowest BCUT2D eigenvalue weighted by molar-refractivity contribution is 1.18. The highest BCUT2D eigenvalue weighted by atomic mass is 32.1. The van der Waals surface area contributed by atoms with Crippen LogP contribution in [-0.2, 0) is 0 Å². The molecule has 0 saturated heterocycles. The monoisotopic (exact) mass is 801 g/mol. The second-order valence-electron chi connectivity index (χ2n) is 16.7. The van der Waals surface area contributed by atoms with Crippen molar-refractivity contribution in [3.63, 3.8) is 0 Å². The van der Waals surface area contributed by atoms with Gasteiger partial charge < -0.3 is 4.57 Å². The molecular formula is C60H35NS. The third kappa shape index (κ3) is 4.73. The molecule has 0 N–H and O–H groups in total. The van der Waals surface area contributed by atoms with Crippen LogP contribution < -0.4 is 0 Å². The van der Waals surface area contributed by atoms with Crippen LogP contribution in [-0.4, -0.2) is 4.57 Å². The average molecular weight is 802 g/mol. The Morgan fingerprint density at radius 1 is 0.274 bits per heavy atom. The molecular weight excluding hydrogens is 767 g/mol. The summed E-state index contributed by atoms with van der Waals surface area (Å²) in [7, 11) is 0. The van der Waals surface area contributed by atoms with Crippen LogP contribution in [0.4, 0.5) is 0 Å². The van der Waals surface area contributed by atoms with Gasteiger partial charge in [-0.2, -0.15) is 0 Å². The van der Waals surface area contributed by atoms with Gasteiger partial charge in [-0.05, 0) is 135 Å². The topological polar surface area (TPSA) is 4.93 Å². The summed E-state index contributed by atoms with van der Waals surface area (Å²) in [5, 5.41) is 20.7. The van der Waals surface area contributed by atoms with Gasteiger partial charge in [0.25, 0.3) is 0 Å². The van der Waals surface area contributed by atoms with E-state index in [9.17, 15) is 0 Å². The number of fused-ring (bicyclic) bond motifs is 16. The van der Waals surface area contributed by atoms with Gasteiger partial charge in [-0.3, -0.25) is 0 Å². The van der Waals surface area contributed by atoms with Gasteiger partial charge in [-0.15, -0.1) is 11.3 Å². The van der Waals surface area contributed by atoms with E-state index >= 15 is 0 Å². The molecule has 0 fully saturated rings. The summed E-state index contributed by atoms with van der Waals surface area (Å²) < 4.78 is 5.03. The molecule has 2 heteroatoms. The first kappa shape index (κ1) is 34.0. The Balaban J connectivity index is 0.992. The molecule has 0 spiro atoms. The van der Waals surface area contributed by atoms with Gasteiger partial charge in [-0.1, -0.05) is 164 Å². The molecule has 286 valence electrons. The molecule has 0 aliphatic heterocycles. The van der Waals surface area contributed by atoms with E-state index in [2.05, 4.69) is 217 Å². The fourth-order valence-corrected chi connectivity index (χ4v) is 12.0. The Morgan fingerprint density at radius 2 is 0.790 bits per heavy atom. The van der Waals surface area contributed by atoms with Crippen molar-refractivity contribution in [2.24, 2.45) is 0 Å². The number of hydrogen-bond acceptors (Lipinski definition) is 1. The lowest BCUT2D eigenvalue weighted by atomic mass is 9.85. The summed E-state index contributed by atoms with van der Waals surface area (Å²) in [5.41, 5.74) is 8.65. The van der Waals surface area contributed by atoms with Gasteiger partial charge in [-0.25, -0.2) is 0 Å². The van der Waals surface area contributed by atoms with Crippen molar-refractivity contribution in [3.8, 4) is 27.9 Å². The summed E-state index contributed by atoms with van der Waals surface area (Å²) in [5.74, 6) is 0. The standard InChI is InChI=1S/C60H35NS/c1-2-15-39(16-3-1)61-54-25-13-12-19-42(54)52-32-37(28-31-55(52)61)58-45-21-8-10-23-47(45)59(48-24-11-9-22-46(48)58)38-27-29-43-53-34-50-49-30-26-36-14-4-5-17-40(36)60(49)44-20-7-6-18-41(44)51(50)35-57(53)62-56(43)33-38/h1-35H. The molecule has 1 nitrogen and oxygen atoms in total. The summed E-state index contributed by atoms with van der Waals surface area (Å²) in [6.45, 7) is 0. The van der Waals surface area contributed by atoms with Gasteiger partial charge in [0.05, 0.1) is 11.0 Å². The van der Waals surface area contributed by atoms with E-state index in [-0.39, 0.29) is 0 Å². The molecule has 0 bridgehead atoms. The number of thiophene rings is 1. The van der Waals surface area contributed by atoms with Crippen molar-refractivity contribution in [2.45, 2.75) is 0 Å². The first-order chi connectivity index (χ1) is 30.8. The van der Waals surface area contributed by atoms with Crippen molar-refractivity contribution in [3.05, 3.63) is 212 Å². The third-order valence-electron chi connectivity index (χ3n) is 13.5. The van der Waals surface area contributed by atoms with Crippen LogP contribution in [0.3, 0.4) is 0 Å². The maximum absolute atomic E-state index is 2.47. The van der Waals surface area contributed by atoms with E-state index in [1.807, 2.05) is 11.3 Å². The predicted octanol–water partition coefficient (Wildman–Crippen LogP) is 17.4. The lowest BCUT2D eigenvalue weighted by Gasteiger charge is -2.18. The summed E-state index contributed by atoms with van der Waals surface area (Å²) in [6, 6.07) is 79.2. The second kappa shape index (κ2) is 12.9. The lowest BCUT2D eigenvalue weighted by Crippen LogP contribution is -1.93. The molecule has 0 saturated carbocycles. The molecule has 2 aromatic heterocycles. The zero-order valence-corrected chi connectivity index (χ0v) is 34.4. The van der Waals surface area contributed by atoms with Crippen molar-refractivity contribution >= 4 is 118 Å². The van der Waals surface area contributed by atoms with Gasteiger partial charge in [0.15, 0.2) is 0 Å². The van der Waals surface area contributed by atoms with Gasteiger partial charge >= 0.3 is 0 Å². The Bertz CT molecular complexity index is 4150. The quantitative estimate of drug-likeness (QED) is 0.124. The number of hydrogen-bond donors (Lipinski definition) is 0. The van der Waals surface area contributed by atoms with E-state index in [1.54, 1.807) is 0 Å². The SMILES string of the molecule is c1ccc(-n2c3ccccc3c3cc(-c4c5ccccc5c(-c5ccc6c(c5)sc5cc7c8ccccc8c8c9ccccc9ccc8c7cc56)c5ccccc45)ccc32)cc1. The second-order valence-corrected chi connectivity index (χ2v) is 17.8. The largest absolute Gasteiger partial charge is 0.309 e. The fraction of sp³-hybridized carbons (Fsp3) is 0. The zero-order chi connectivity index (χ0) is 40.5.